The molecule has 0 saturated heterocycles. The number of anilines is 1. The van der Waals surface area contributed by atoms with Gasteiger partial charge < -0.3 is 10.6 Å². The van der Waals surface area contributed by atoms with Gasteiger partial charge in [0.2, 0.25) is 5.91 Å². The van der Waals surface area contributed by atoms with E-state index < -0.39 is 0 Å². The van der Waals surface area contributed by atoms with E-state index in [-0.39, 0.29) is 11.0 Å². The number of nitrogens with zero attached hydrogens (tertiary/aromatic N) is 2. The van der Waals surface area contributed by atoms with Crippen molar-refractivity contribution in [2.75, 3.05) is 11.4 Å². The van der Waals surface area contributed by atoms with Crippen LogP contribution in [0.15, 0.2) is 27.8 Å². The molecule has 1 aliphatic rings. The lowest BCUT2D eigenvalue weighted by Gasteiger charge is -2.13. The highest BCUT2D eigenvalue weighted by Crippen LogP contribution is 2.30. The van der Waals surface area contributed by atoms with Gasteiger partial charge in [0, 0.05) is 17.0 Å². The van der Waals surface area contributed by atoms with Crippen LogP contribution >= 0.6 is 28.1 Å². The Labute approximate surface area is 118 Å². The molecule has 1 aromatic carbocycles. The second-order valence-corrected chi connectivity index (χ2v) is 5.16. The highest BCUT2D eigenvalue weighted by atomic mass is 79.9. The summed E-state index contributed by atoms with van der Waals surface area (Å²) in [5, 5.41) is 4.22. The monoisotopic (exact) mass is 326 g/mol. The van der Waals surface area contributed by atoms with Crippen LogP contribution in [0.3, 0.4) is 0 Å². The molecule has 1 heterocycles. The van der Waals surface area contributed by atoms with Gasteiger partial charge in [-0.1, -0.05) is 15.9 Å². The number of hydrogen-bond donors (Lipinski definition) is 2. The SMILES string of the molecule is CC(=O)N1C/C(=N\NC(N)=S)c2cc(Br)ccc21. The van der Waals surface area contributed by atoms with Gasteiger partial charge in [-0.15, -0.1) is 0 Å². The second kappa shape index (κ2) is 5.03. The van der Waals surface area contributed by atoms with Crippen molar-refractivity contribution in [3.63, 3.8) is 0 Å². The molecule has 1 aromatic rings. The van der Waals surface area contributed by atoms with Crippen LogP contribution in [-0.2, 0) is 4.79 Å². The summed E-state index contributed by atoms with van der Waals surface area (Å²) in [6.45, 7) is 1.94. The fourth-order valence-electron chi connectivity index (χ4n) is 1.79. The molecule has 0 bridgehead atoms. The van der Waals surface area contributed by atoms with Gasteiger partial charge in [-0.3, -0.25) is 10.2 Å². The van der Waals surface area contributed by atoms with Crippen LogP contribution in [-0.4, -0.2) is 23.3 Å². The molecular formula is C11H11BrN4OS. The van der Waals surface area contributed by atoms with Crippen molar-refractivity contribution in [1.29, 1.82) is 0 Å². The lowest BCUT2D eigenvalue weighted by molar-refractivity contribution is -0.116. The third kappa shape index (κ3) is 2.51. The van der Waals surface area contributed by atoms with Crippen molar-refractivity contribution >= 4 is 50.6 Å². The average Bonchev–Trinajstić information content (AvgIpc) is 2.64. The van der Waals surface area contributed by atoms with Gasteiger partial charge in [-0.25, -0.2) is 0 Å². The van der Waals surface area contributed by atoms with Gasteiger partial charge in [0.05, 0.1) is 17.9 Å². The van der Waals surface area contributed by atoms with Gasteiger partial charge >= 0.3 is 0 Å². The lowest BCUT2D eigenvalue weighted by atomic mass is 10.1. The number of benzene rings is 1. The number of amides is 1. The Bertz CT molecular complexity index is 558. The van der Waals surface area contributed by atoms with Crippen LogP contribution < -0.4 is 16.1 Å². The number of hydrazone groups is 1. The largest absolute Gasteiger partial charge is 0.375 e. The molecule has 94 valence electrons. The molecule has 0 fully saturated rings. The van der Waals surface area contributed by atoms with Crippen LogP contribution in [0.5, 0.6) is 0 Å². The number of hydrogen-bond acceptors (Lipinski definition) is 3. The number of halogens is 1. The van der Waals surface area contributed by atoms with E-state index in [0.29, 0.717) is 6.54 Å². The molecule has 5 nitrogen and oxygen atoms in total. The first-order chi connectivity index (χ1) is 8.49. The van der Waals surface area contributed by atoms with E-state index in [1.165, 1.54) is 6.92 Å². The quantitative estimate of drug-likeness (QED) is 0.603. The maximum Gasteiger partial charge on any atom is 0.224 e. The summed E-state index contributed by atoms with van der Waals surface area (Å²) in [6.07, 6.45) is 0. The zero-order valence-corrected chi connectivity index (χ0v) is 12.0. The molecule has 1 amide bonds. The van der Waals surface area contributed by atoms with E-state index in [2.05, 4.69) is 26.5 Å². The third-order valence-corrected chi connectivity index (χ3v) is 3.13. The summed E-state index contributed by atoms with van der Waals surface area (Å²) in [7, 11) is 0. The maximum atomic E-state index is 11.6. The highest BCUT2D eigenvalue weighted by Gasteiger charge is 2.27. The van der Waals surface area contributed by atoms with Crippen molar-refractivity contribution in [1.82, 2.24) is 5.43 Å². The molecule has 0 unspecified atom stereocenters. The van der Waals surface area contributed by atoms with Crippen molar-refractivity contribution in [3.05, 3.63) is 28.2 Å². The normalized spacial score (nSPS) is 15.7. The van der Waals surface area contributed by atoms with Crippen molar-refractivity contribution < 1.29 is 4.79 Å². The summed E-state index contributed by atoms with van der Waals surface area (Å²) < 4.78 is 0.926. The third-order valence-electron chi connectivity index (χ3n) is 2.55. The Kier molecular flexibility index (Phi) is 3.63. The molecule has 0 radical (unpaired) electrons. The fraction of sp³-hybridized carbons (Fsp3) is 0.182. The van der Waals surface area contributed by atoms with E-state index in [1.807, 2.05) is 18.2 Å². The Morgan fingerprint density at radius 2 is 2.33 bits per heavy atom. The number of nitrogens with one attached hydrogen (secondary N) is 1. The first-order valence-corrected chi connectivity index (χ1v) is 6.39. The number of carbonyl (C=O) groups excluding carboxylic acids is 1. The zero-order chi connectivity index (χ0) is 13.3. The molecule has 7 heteroatoms. The summed E-state index contributed by atoms with van der Waals surface area (Å²) in [6, 6.07) is 5.68. The average molecular weight is 327 g/mol. The van der Waals surface area contributed by atoms with Crippen LogP contribution in [0, 0.1) is 0 Å². The Hall–Kier alpha value is -1.47. The number of fused-ring (bicyclic) bond motifs is 1. The number of thiocarbonyl (C=S) groups is 1. The number of carbonyl (C=O) groups is 1. The molecule has 0 aromatic heterocycles. The molecule has 0 saturated carbocycles. The summed E-state index contributed by atoms with van der Waals surface area (Å²) in [4.78, 5) is 13.2. The van der Waals surface area contributed by atoms with E-state index in [4.69, 9.17) is 18.0 Å². The van der Waals surface area contributed by atoms with Crippen LogP contribution in [0.25, 0.3) is 0 Å². The van der Waals surface area contributed by atoms with E-state index in [1.54, 1.807) is 4.90 Å². The number of nitrogens with two attached hydrogens (primary N) is 1. The topological polar surface area (TPSA) is 70.7 Å². The molecule has 0 spiro atoms. The summed E-state index contributed by atoms with van der Waals surface area (Å²) >= 11 is 8.11. The fourth-order valence-corrected chi connectivity index (χ4v) is 2.20. The molecule has 3 N–H and O–H groups in total. The standard InChI is InChI=1S/C11H11BrN4OS/c1-6(17)16-5-9(14-15-11(13)18)8-4-7(12)2-3-10(8)16/h2-4H,5H2,1H3,(H3,13,15,18)/b14-9+. The van der Waals surface area contributed by atoms with Gasteiger partial charge in [0.25, 0.3) is 0 Å². The van der Waals surface area contributed by atoms with Gasteiger partial charge in [0.15, 0.2) is 5.11 Å². The van der Waals surface area contributed by atoms with Crippen molar-refractivity contribution in [3.8, 4) is 0 Å². The lowest BCUT2D eigenvalue weighted by Crippen LogP contribution is -2.30. The molecule has 2 rings (SSSR count). The molecular weight excluding hydrogens is 316 g/mol. The minimum absolute atomic E-state index is 0.0286. The first-order valence-electron chi connectivity index (χ1n) is 5.19. The van der Waals surface area contributed by atoms with Gasteiger partial charge in [-0.05, 0) is 30.4 Å². The summed E-state index contributed by atoms with van der Waals surface area (Å²) in [5.74, 6) is -0.0286. The molecule has 0 atom stereocenters. The maximum absolute atomic E-state index is 11.6. The smallest absolute Gasteiger partial charge is 0.224 e. The predicted molar refractivity (Wildman–Crippen MR) is 78.6 cm³/mol. The van der Waals surface area contributed by atoms with Crippen LogP contribution in [0.1, 0.15) is 12.5 Å². The van der Waals surface area contributed by atoms with Gasteiger partial charge in [0.1, 0.15) is 0 Å². The van der Waals surface area contributed by atoms with Crippen molar-refractivity contribution in [2.45, 2.75) is 6.92 Å². The van der Waals surface area contributed by atoms with E-state index in [0.717, 1.165) is 21.4 Å². The van der Waals surface area contributed by atoms with E-state index in [9.17, 15) is 4.79 Å². The minimum atomic E-state index is -0.0286. The summed E-state index contributed by atoms with van der Waals surface area (Å²) in [5.41, 5.74) is 10.4. The number of rotatable bonds is 1. The van der Waals surface area contributed by atoms with Crippen molar-refractivity contribution in [2.24, 2.45) is 10.8 Å². The predicted octanol–water partition coefficient (Wildman–Crippen LogP) is 1.35. The van der Waals surface area contributed by atoms with Crippen LogP contribution in [0.4, 0.5) is 5.69 Å². The Balaban J connectivity index is 2.44. The van der Waals surface area contributed by atoms with Gasteiger partial charge in [-0.2, -0.15) is 5.10 Å². The Morgan fingerprint density at radius 1 is 1.61 bits per heavy atom. The molecule has 0 aliphatic carbocycles. The highest BCUT2D eigenvalue weighted by molar-refractivity contribution is 9.10. The first kappa shape index (κ1) is 13.0. The Morgan fingerprint density at radius 3 is 2.94 bits per heavy atom. The zero-order valence-electron chi connectivity index (χ0n) is 9.61. The second-order valence-electron chi connectivity index (χ2n) is 3.80. The van der Waals surface area contributed by atoms with Crippen LogP contribution in [0.2, 0.25) is 0 Å². The van der Waals surface area contributed by atoms with E-state index >= 15 is 0 Å². The minimum Gasteiger partial charge on any atom is -0.375 e. The molecule has 18 heavy (non-hydrogen) atoms. The molecule has 1 aliphatic heterocycles.